The highest BCUT2D eigenvalue weighted by molar-refractivity contribution is 5.82. The van der Waals surface area contributed by atoms with Crippen molar-refractivity contribution in [3.8, 4) is 11.6 Å². The number of hydrogen-bond acceptors (Lipinski definition) is 6. The number of halogens is 3. The van der Waals surface area contributed by atoms with Gasteiger partial charge in [0.15, 0.2) is 5.69 Å². The fraction of sp³-hybridized carbons (Fsp3) is 0.368. The number of carbonyl (C=O) groups excluding carboxylic acids is 1. The lowest BCUT2D eigenvalue weighted by atomic mass is 10.0. The minimum Gasteiger partial charge on any atom is -0.437 e. The number of likely N-dealkylation sites (tertiary alicyclic amines) is 1. The molecule has 1 fully saturated rings. The molecule has 29 heavy (non-hydrogen) atoms. The van der Waals surface area contributed by atoms with Crippen LogP contribution < -0.4 is 10.5 Å². The number of pyridine rings is 1. The van der Waals surface area contributed by atoms with Gasteiger partial charge in [-0.1, -0.05) is 12.1 Å². The maximum atomic E-state index is 13.1. The van der Waals surface area contributed by atoms with Crippen LogP contribution in [0.5, 0.6) is 11.6 Å². The van der Waals surface area contributed by atoms with Crippen LogP contribution in [0, 0.1) is 4.91 Å². The lowest BCUT2D eigenvalue weighted by molar-refractivity contribution is -0.183. The fourth-order valence-electron chi connectivity index (χ4n) is 3.26. The number of aromatic nitrogens is 1. The maximum absolute atomic E-state index is 13.1. The summed E-state index contributed by atoms with van der Waals surface area (Å²) in [5, 5.41) is 2.83. The number of benzene rings is 1. The number of nitrogens with zero attached hydrogens (tertiary/aromatic N) is 3. The van der Waals surface area contributed by atoms with E-state index in [0.29, 0.717) is 17.7 Å². The minimum atomic E-state index is -4.45. The molecule has 1 aliphatic heterocycles. The molecule has 2 N–H and O–H groups in total. The first-order chi connectivity index (χ1) is 13.8. The van der Waals surface area contributed by atoms with E-state index >= 15 is 0 Å². The molecule has 0 spiro atoms. The molecule has 0 radical (unpaired) electrons. The Kier molecular flexibility index (Phi) is 6.12. The molecule has 1 saturated heterocycles. The number of ether oxygens (including phenoxy) is 1. The highest BCUT2D eigenvalue weighted by Crippen LogP contribution is 2.33. The molecule has 0 saturated carbocycles. The van der Waals surface area contributed by atoms with Gasteiger partial charge in [0.05, 0.1) is 6.04 Å². The van der Waals surface area contributed by atoms with Crippen molar-refractivity contribution in [2.24, 2.45) is 10.9 Å². The molecule has 0 aliphatic carbocycles. The standard InChI is InChI=1S/C19H19F3N4O3/c20-19(21,22)16-4-2-10-26(16)18(27)14(23)11-12-5-7-13(8-6-12)29-17-15(25-28)3-1-9-24-17/h1,3,5-9,14,16H,2,4,10-11,23H2/t14-,16-/m0/s1. The summed E-state index contributed by atoms with van der Waals surface area (Å²) in [5.74, 6) is -0.274. The van der Waals surface area contributed by atoms with Crippen molar-refractivity contribution in [3.05, 3.63) is 53.1 Å². The van der Waals surface area contributed by atoms with Crippen molar-refractivity contribution < 1.29 is 22.7 Å². The molecule has 1 amide bonds. The highest BCUT2D eigenvalue weighted by atomic mass is 19.4. The van der Waals surface area contributed by atoms with E-state index in [9.17, 15) is 22.9 Å². The summed E-state index contributed by atoms with van der Waals surface area (Å²) in [6.45, 7) is 0.0562. The predicted octanol–water partition coefficient (Wildman–Crippen LogP) is 3.69. The number of rotatable bonds is 6. The van der Waals surface area contributed by atoms with Gasteiger partial charge in [-0.25, -0.2) is 4.98 Å². The number of carbonyl (C=O) groups is 1. The van der Waals surface area contributed by atoms with Crippen molar-refractivity contribution in [2.45, 2.75) is 37.5 Å². The SMILES string of the molecule is N[C@@H](Cc1ccc(Oc2ncccc2N=O)cc1)C(=O)N1CCC[C@H]1C(F)(F)F. The van der Waals surface area contributed by atoms with E-state index in [4.69, 9.17) is 10.5 Å². The van der Waals surface area contributed by atoms with Crippen LogP contribution in [0.3, 0.4) is 0 Å². The summed E-state index contributed by atoms with van der Waals surface area (Å²) in [6.07, 6.45) is -2.70. The van der Waals surface area contributed by atoms with Crippen LogP contribution >= 0.6 is 0 Å². The molecular formula is C19H19F3N4O3. The molecule has 0 bridgehead atoms. The third-order valence-corrected chi connectivity index (χ3v) is 4.67. The van der Waals surface area contributed by atoms with Crippen LogP contribution in [0.1, 0.15) is 18.4 Å². The van der Waals surface area contributed by atoms with Crippen LogP contribution in [0.4, 0.5) is 18.9 Å². The van der Waals surface area contributed by atoms with Gasteiger partial charge in [-0.05, 0) is 54.3 Å². The van der Waals surface area contributed by atoms with Gasteiger partial charge in [-0.15, -0.1) is 4.91 Å². The second kappa shape index (κ2) is 8.56. The van der Waals surface area contributed by atoms with Crippen LogP contribution in [-0.2, 0) is 11.2 Å². The normalized spacial score (nSPS) is 17.8. The third kappa shape index (κ3) is 4.89. The molecule has 7 nitrogen and oxygen atoms in total. The average Bonchev–Trinajstić information content (AvgIpc) is 3.19. The lowest BCUT2D eigenvalue weighted by Gasteiger charge is -2.28. The van der Waals surface area contributed by atoms with Crippen LogP contribution in [-0.4, -0.2) is 40.6 Å². The topological polar surface area (TPSA) is 97.9 Å². The Balaban J connectivity index is 1.63. The summed E-state index contributed by atoms with van der Waals surface area (Å²) in [7, 11) is 0. The zero-order chi connectivity index (χ0) is 21.0. The zero-order valence-electron chi connectivity index (χ0n) is 15.3. The molecule has 2 atom stereocenters. The molecule has 3 rings (SSSR count). The molecule has 1 aromatic heterocycles. The Bertz CT molecular complexity index is 874. The Morgan fingerprint density at radius 1 is 1.31 bits per heavy atom. The van der Waals surface area contributed by atoms with Crippen LogP contribution in [0.15, 0.2) is 47.8 Å². The maximum Gasteiger partial charge on any atom is 0.408 e. The number of nitrogens with two attached hydrogens (primary N) is 1. The van der Waals surface area contributed by atoms with E-state index in [-0.39, 0.29) is 31.0 Å². The van der Waals surface area contributed by atoms with Gasteiger partial charge in [0.2, 0.25) is 11.8 Å². The highest BCUT2D eigenvalue weighted by Gasteiger charge is 2.48. The summed E-state index contributed by atoms with van der Waals surface area (Å²) in [5.41, 5.74) is 6.60. The predicted molar refractivity (Wildman–Crippen MR) is 98.7 cm³/mol. The Labute approximate surface area is 164 Å². The summed E-state index contributed by atoms with van der Waals surface area (Å²) < 4.78 is 44.7. The first-order valence-corrected chi connectivity index (χ1v) is 8.97. The second-order valence-electron chi connectivity index (χ2n) is 6.71. The average molecular weight is 408 g/mol. The molecule has 154 valence electrons. The Hall–Kier alpha value is -3.01. The monoisotopic (exact) mass is 408 g/mol. The van der Waals surface area contributed by atoms with E-state index < -0.39 is 24.2 Å². The van der Waals surface area contributed by atoms with Gasteiger partial charge in [-0.3, -0.25) is 4.79 Å². The largest absolute Gasteiger partial charge is 0.437 e. The van der Waals surface area contributed by atoms with Gasteiger partial charge in [0.1, 0.15) is 11.8 Å². The van der Waals surface area contributed by atoms with Gasteiger partial charge in [0, 0.05) is 12.7 Å². The van der Waals surface area contributed by atoms with E-state index in [2.05, 4.69) is 10.2 Å². The number of amides is 1. The third-order valence-electron chi connectivity index (χ3n) is 4.67. The van der Waals surface area contributed by atoms with E-state index in [1.54, 1.807) is 30.3 Å². The first kappa shape index (κ1) is 20.7. The molecule has 0 unspecified atom stereocenters. The van der Waals surface area contributed by atoms with Crippen molar-refractivity contribution in [1.29, 1.82) is 0 Å². The molecule has 1 aliphatic rings. The molecule has 2 heterocycles. The second-order valence-corrected chi connectivity index (χ2v) is 6.71. The Morgan fingerprint density at radius 2 is 2.03 bits per heavy atom. The van der Waals surface area contributed by atoms with Gasteiger partial charge < -0.3 is 15.4 Å². The summed E-state index contributed by atoms with van der Waals surface area (Å²) in [6, 6.07) is 6.63. The van der Waals surface area contributed by atoms with Crippen LogP contribution in [0.2, 0.25) is 0 Å². The summed E-state index contributed by atoms with van der Waals surface area (Å²) in [4.78, 5) is 27.9. The number of alkyl halides is 3. The number of nitroso groups, excluding NO2 is 1. The molecule has 2 aromatic rings. The Morgan fingerprint density at radius 3 is 2.69 bits per heavy atom. The number of hydrogen-bond donors (Lipinski definition) is 1. The van der Waals surface area contributed by atoms with Crippen molar-refractivity contribution in [2.75, 3.05) is 6.54 Å². The summed E-state index contributed by atoms with van der Waals surface area (Å²) >= 11 is 0. The molecule has 1 aromatic carbocycles. The smallest absolute Gasteiger partial charge is 0.408 e. The van der Waals surface area contributed by atoms with Gasteiger partial charge >= 0.3 is 6.18 Å². The quantitative estimate of drug-likeness (QED) is 0.735. The van der Waals surface area contributed by atoms with Gasteiger partial charge in [-0.2, -0.15) is 13.2 Å². The molecule has 10 heteroatoms. The van der Waals surface area contributed by atoms with E-state index in [1.807, 2.05) is 0 Å². The van der Waals surface area contributed by atoms with Crippen molar-refractivity contribution in [1.82, 2.24) is 9.88 Å². The van der Waals surface area contributed by atoms with Crippen molar-refractivity contribution >= 4 is 11.6 Å². The fourth-order valence-corrected chi connectivity index (χ4v) is 3.26. The lowest BCUT2D eigenvalue weighted by Crippen LogP contribution is -2.51. The minimum absolute atomic E-state index is 0.0500. The first-order valence-electron chi connectivity index (χ1n) is 8.97. The van der Waals surface area contributed by atoms with Crippen LogP contribution in [0.25, 0.3) is 0 Å². The van der Waals surface area contributed by atoms with Gasteiger partial charge in [0.25, 0.3) is 0 Å². The van der Waals surface area contributed by atoms with Crippen molar-refractivity contribution in [3.63, 3.8) is 0 Å². The zero-order valence-corrected chi connectivity index (χ0v) is 15.3. The van der Waals surface area contributed by atoms with E-state index in [0.717, 1.165) is 4.90 Å². The molecular weight excluding hydrogens is 389 g/mol. The van der Waals surface area contributed by atoms with E-state index in [1.165, 1.54) is 12.3 Å².